The lowest BCUT2D eigenvalue weighted by Crippen LogP contribution is -2.47. The van der Waals surface area contributed by atoms with Gasteiger partial charge in [-0.15, -0.1) is 0 Å². The Balaban J connectivity index is 1.86. The molecule has 0 aromatic heterocycles. The molecule has 0 aliphatic heterocycles. The van der Waals surface area contributed by atoms with Crippen LogP contribution < -0.4 is 10.6 Å². The molecule has 1 aliphatic carbocycles. The fourth-order valence-electron chi connectivity index (χ4n) is 3.66. The van der Waals surface area contributed by atoms with E-state index in [4.69, 9.17) is 4.74 Å². The number of nitrogens with one attached hydrogen (secondary N) is 2. The molecule has 0 heterocycles. The van der Waals surface area contributed by atoms with Crippen LogP contribution in [0.5, 0.6) is 0 Å². The van der Waals surface area contributed by atoms with E-state index in [0.717, 1.165) is 29.5 Å². The molecule has 1 aliphatic rings. The number of rotatable bonds is 7. The number of ether oxygens (including phenoxy) is 1. The molecule has 3 amide bonds. The third-order valence-electron chi connectivity index (χ3n) is 5.30. The van der Waals surface area contributed by atoms with Crippen LogP contribution >= 0.6 is 0 Å². The highest BCUT2D eigenvalue weighted by Gasteiger charge is 2.41. The van der Waals surface area contributed by atoms with Gasteiger partial charge in [0, 0.05) is 11.7 Å². The molecule has 2 aromatic rings. The minimum atomic E-state index is -0.815. The zero-order chi connectivity index (χ0) is 24.2. The predicted molar refractivity (Wildman–Crippen MR) is 128 cm³/mol. The van der Waals surface area contributed by atoms with Gasteiger partial charge in [0.15, 0.2) is 0 Å². The summed E-state index contributed by atoms with van der Waals surface area (Å²) in [6.45, 7) is 8.90. The van der Waals surface area contributed by atoms with Gasteiger partial charge in [-0.25, -0.2) is 4.79 Å². The molecule has 7 heteroatoms. The molecule has 0 radical (unpaired) electrons. The van der Waals surface area contributed by atoms with E-state index in [-0.39, 0.29) is 24.4 Å². The Bertz CT molecular complexity index is 1020. The van der Waals surface area contributed by atoms with Crippen molar-refractivity contribution in [3.63, 3.8) is 0 Å². The fraction of sp³-hybridized carbons (Fsp3) is 0.423. The Labute approximate surface area is 195 Å². The Morgan fingerprint density at radius 3 is 2.36 bits per heavy atom. The molecule has 33 heavy (non-hydrogen) atoms. The molecule has 1 fully saturated rings. The van der Waals surface area contributed by atoms with Gasteiger partial charge in [-0.05, 0) is 64.7 Å². The lowest BCUT2D eigenvalue weighted by Gasteiger charge is -2.32. The maximum Gasteiger partial charge on any atom is 0.408 e. The second kappa shape index (κ2) is 10.1. The molecule has 3 rings (SSSR count). The lowest BCUT2D eigenvalue weighted by molar-refractivity contribution is -0.138. The zero-order valence-electron chi connectivity index (χ0n) is 20.0. The number of para-hydroxylation sites is 1. The quantitative estimate of drug-likeness (QED) is 0.649. The average molecular weight is 452 g/mol. The normalized spacial score (nSPS) is 14.2. The van der Waals surface area contributed by atoms with Crippen LogP contribution in [0.4, 0.5) is 10.5 Å². The van der Waals surface area contributed by atoms with Crippen LogP contribution in [0.1, 0.15) is 56.3 Å². The number of benzene rings is 2. The lowest BCUT2D eigenvalue weighted by atomic mass is 10.0. The van der Waals surface area contributed by atoms with Gasteiger partial charge in [-0.1, -0.05) is 48.0 Å². The fourth-order valence-corrected chi connectivity index (χ4v) is 3.66. The highest BCUT2D eigenvalue weighted by molar-refractivity contribution is 5.99. The first-order valence-electron chi connectivity index (χ1n) is 11.3. The first-order chi connectivity index (χ1) is 15.5. The Kier molecular flexibility index (Phi) is 7.41. The summed E-state index contributed by atoms with van der Waals surface area (Å²) in [4.78, 5) is 40.6. The average Bonchev–Trinajstić information content (AvgIpc) is 3.55. The van der Waals surface area contributed by atoms with Crippen LogP contribution in [-0.2, 0) is 14.3 Å². The second-order valence-electron chi connectivity index (χ2n) is 9.51. The summed E-state index contributed by atoms with van der Waals surface area (Å²) in [6, 6.07) is 14.3. The Hall–Kier alpha value is -3.35. The van der Waals surface area contributed by atoms with Crippen LogP contribution in [0.15, 0.2) is 48.5 Å². The molecule has 2 N–H and O–H groups in total. The standard InChI is InChI=1S/C26H33N3O4/c1-17-9-8-11-19(15-17)23(24(31)28-21-12-7-6-10-18(21)2)29(20-13-14-20)22(30)16-27-25(32)33-26(3,4)5/h6-12,15,20,23H,13-14,16H2,1-5H3,(H,27,32)(H,28,31). The maximum absolute atomic E-state index is 13.6. The van der Waals surface area contributed by atoms with Crippen molar-refractivity contribution in [1.29, 1.82) is 0 Å². The van der Waals surface area contributed by atoms with Crippen molar-refractivity contribution in [3.8, 4) is 0 Å². The van der Waals surface area contributed by atoms with E-state index in [1.54, 1.807) is 25.7 Å². The number of carbonyl (C=O) groups excluding carboxylic acids is 3. The highest BCUT2D eigenvalue weighted by Crippen LogP contribution is 2.36. The summed E-state index contributed by atoms with van der Waals surface area (Å²) in [5.74, 6) is -0.609. The number of amides is 3. The number of alkyl carbamates (subject to hydrolysis) is 1. The van der Waals surface area contributed by atoms with Crippen LogP contribution in [-0.4, -0.2) is 41.0 Å². The van der Waals surface area contributed by atoms with Crippen molar-refractivity contribution in [2.75, 3.05) is 11.9 Å². The van der Waals surface area contributed by atoms with Crippen LogP contribution in [0.25, 0.3) is 0 Å². The van der Waals surface area contributed by atoms with Crippen molar-refractivity contribution in [2.45, 2.75) is 65.1 Å². The number of hydrogen-bond acceptors (Lipinski definition) is 4. The van der Waals surface area contributed by atoms with Gasteiger partial charge in [-0.2, -0.15) is 0 Å². The molecule has 1 unspecified atom stereocenters. The number of hydrogen-bond donors (Lipinski definition) is 2. The number of aryl methyl sites for hydroxylation is 2. The van der Waals surface area contributed by atoms with Crippen LogP contribution in [0.3, 0.4) is 0 Å². The van der Waals surface area contributed by atoms with Gasteiger partial charge in [0.1, 0.15) is 18.2 Å². The first kappa shape index (κ1) is 24.3. The van der Waals surface area contributed by atoms with Crippen molar-refractivity contribution in [2.24, 2.45) is 0 Å². The van der Waals surface area contributed by atoms with E-state index < -0.39 is 17.7 Å². The van der Waals surface area contributed by atoms with Crippen LogP contribution in [0.2, 0.25) is 0 Å². The number of carbonyl (C=O) groups is 3. The Morgan fingerprint density at radius 1 is 1.06 bits per heavy atom. The van der Waals surface area contributed by atoms with E-state index in [0.29, 0.717) is 5.69 Å². The predicted octanol–water partition coefficient (Wildman–Crippen LogP) is 4.50. The topological polar surface area (TPSA) is 87.7 Å². The van der Waals surface area contributed by atoms with Gasteiger partial charge in [0.25, 0.3) is 5.91 Å². The summed E-state index contributed by atoms with van der Waals surface area (Å²) in [6.07, 6.45) is 0.971. The summed E-state index contributed by atoms with van der Waals surface area (Å²) in [5, 5.41) is 5.53. The maximum atomic E-state index is 13.6. The molecule has 1 atom stereocenters. The van der Waals surface area contributed by atoms with E-state index >= 15 is 0 Å². The molecule has 0 bridgehead atoms. The van der Waals surface area contributed by atoms with Gasteiger partial charge in [0.05, 0.1) is 0 Å². The number of nitrogens with zero attached hydrogens (tertiary/aromatic N) is 1. The smallest absolute Gasteiger partial charge is 0.408 e. The summed E-state index contributed by atoms with van der Waals surface area (Å²) >= 11 is 0. The monoisotopic (exact) mass is 451 g/mol. The minimum Gasteiger partial charge on any atom is -0.444 e. The first-order valence-corrected chi connectivity index (χ1v) is 11.3. The van der Waals surface area contributed by atoms with Gasteiger partial charge < -0.3 is 20.3 Å². The van der Waals surface area contributed by atoms with Crippen LogP contribution in [0, 0.1) is 13.8 Å². The van der Waals surface area contributed by atoms with Crippen molar-refractivity contribution >= 4 is 23.6 Å². The third kappa shape index (κ3) is 6.81. The van der Waals surface area contributed by atoms with E-state index in [2.05, 4.69) is 10.6 Å². The van der Waals surface area contributed by atoms with Crippen molar-refractivity contribution in [1.82, 2.24) is 10.2 Å². The second-order valence-corrected chi connectivity index (χ2v) is 9.51. The van der Waals surface area contributed by atoms with Gasteiger partial charge in [0.2, 0.25) is 5.91 Å². The third-order valence-corrected chi connectivity index (χ3v) is 5.30. The molecule has 0 spiro atoms. The van der Waals surface area contributed by atoms with Gasteiger partial charge in [-0.3, -0.25) is 9.59 Å². The summed E-state index contributed by atoms with van der Waals surface area (Å²) in [7, 11) is 0. The summed E-state index contributed by atoms with van der Waals surface area (Å²) < 4.78 is 5.24. The molecule has 1 saturated carbocycles. The molecule has 176 valence electrons. The minimum absolute atomic E-state index is 0.0499. The molecular weight excluding hydrogens is 418 g/mol. The van der Waals surface area contributed by atoms with E-state index in [1.165, 1.54) is 0 Å². The van der Waals surface area contributed by atoms with E-state index in [9.17, 15) is 14.4 Å². The largest absolute Gasteiger partial charge is 0.444 e. The summed E-state index contributed by atoms with van der Waals surface area (Å²) in [5.41, 5.74) is 2.70. The number of anilines is 1. The molecule has 7 nitrogen and oxygen atoms in total. The Morgan fingerprint density at radius 2 is 1.76 bits per heavy atom. The van der Waals surface area contributed by atoms with Gasteiger partial charge >= 0.3 is 6.09 Å². The molecule has 0 saturated heterocycles. The zero-order valence-corrected chi connectivity index (χ0v) is 20.0. The highest BCUT2D eigenvalue weighted by atomic mass is 16.6. The van der Waals surface area contributed by atoms with Crippen molar-refractivity contribution < 1.29 is 19.1 Å². The molecular formula is C26H33N3O4. The van der Waals surface area contributed by atoms with E-state index in [1.807, 2.05) is 62.4 Å². The SMILES string of the molecule is Cc1cccc(C(C(=O)Nc2ccccc2C)N(C(=O)CNC(=O)OC(C)(C)C)C2CC2)c1. The molecule has 2 aromatic carbocycles. The van der Waals surface area contributed by atoms with Crippen molar-refractivity contribution in [3.05, 3.63) is 65.2 Å².